The third-order valence-electron chi connectivity index (χ3n) is 3.66. The zero-order valence-electron chi connectivity index (χ0n) is 9.09. The molecule has 1 aliphatic heterocycles. The average Bonchev–Trinajstić information content (AvgIpc) is 2.88. The van der Waals surface area contributed by atoms with E-state index in [2.05, 4.69) is 0 Å². The van der Waals surface area contributed by atoms with Gasteiger partial charge < -0.3 is 0 Å². The molecule has 1 saturated heterocycles. The van der Waals surface area contributed by atoms with Crippen molar-refractivity contribution < 1.29 is 8.42 Å². The minimum atomic E-state index is -3.15. The van der Waals surface area contributed by atoms with Crippen LogP contribution in [-0.2, 0) is 9.84 Å². The van der Waals surface area contributed by atoms with Gasteiger partial charge in [0.25, 0.3) is 0 Å². The lowest BCUT2D eigenvalue weighted by molar-refractivity contribution is 0.532. The molecule has 1 aromatic carbocycles. The van der Waals surface area contributed by atoms with Crippen LogP contribution >= 0.6 is 11.8 Å². The molecule has 3 atom stereocenters. The first-order valence-corrected chi connectivity index (χ1v) is 7.91. The maximum Gasteiger partial charge on any atom is 0.183 e. The van der Waals surface area contributed by atoms with Gasteiger partial charge in [0.1, 0.15) is 0 Å². The summed E-state index contributed by atoms with van der Waals surface area (Å²) in [6.07, 6.45) is 1.64. The topological polar surface area (TPSA) is 34.1 Å². The van der Waals surface area contributed by atoms with Gasteiger partial charge in [0.2, 0.25) is 0 Å². The van der Waals surface area contributed by atoms with E-state index in [0.717, 1.165) is 12.8 Å². The molecule has 2 fully saturated rings. The fraction of sp³-hybridized carbons (Fsp3) is 0.500. The summed E-state index contributed by atoms with van der Waals surface area (Å²) >= 11 is 1.93. The first kappa shape index (κ1) is 10.7. The molecule has 1 aromatic rings. The molecular formula is C12H14O2S2. The average molecular weight is 254 g/mol. The van der Waals surface area contributed by atoms with Crippen LogP contribution < -0.4 is 0 Å². The fourth-order valence-corrected chi connectivity index (χ4v) is 6.15. The smallest absolute Gasteiger partial charge is 0.183 e. The van der Waals surface area contributed by atoms with Crippen LogP contribution in [0.15, 0.2) is 35.2 Å². The number of hydrogen-bond acceptors (Lipinski definition) is 3. The SMILES string of the molecule is CC1(S(=O)(=O)c2ccccc2)C[C@@H]2S[C@@H]2C1. The molecule has 86 valence electrons. The van der Waals surface area contributed by atoms with Gasteiger partial charge in [-0.3, -0.25) is 0 Å². The molecule has 16 heavy (non-hydrogen) atoms. The molecule has 1 unspecified atom stereocenters. The highest BCUT2D eigenvalue weighted by Crippen LogP contribution is 2.59. The van der Waals surface area contributed by atoms with Crippen molar-refractivity contribution in [2.24, 2.45) is 0 Å². The molecule has 4 heteroatoms. The Morgan fingerprint density at radius 1 is 1.19 bits per heavy atom. The summed E-state index contributed by atoms with van der Waals surface area (Å²) in [6.45, 7) is 1.90. The minimum Gasteiger partial charge on any atom is -0.223 e. The Balaban J connectivity index is 2.00. The van der Waals surface area contributed by atoms with E-state index in [1.807, 2.05) is 24.8 Å². The van der Waals surface area contributed by atoms with E-state index in [0.29, 0.717) is 15.4 Å². The molecule has 0 N–H and O–H groups in total. The molecule has 0 radical (unpaired) electrons. The van der Waals surface area contributed by atoms with Gasteiger partial charge in [-0.1, -0.05) is 18.2 Å². The van der Waals surface area contributed by atoms with E-state index < -0.39 is 14.6 Å². The van der Waals surface area contributed by atoms with Crippen molar-refractivity contribution in [3.8, 4) is 0 Å². The van der Waals surface area contributed by atoms with Crippen LogP contribution in [0.1, 0.15) is 19.8 Å². The third-order valence-corrected chi connectivity index (χ3v) is 7.55. The molecule has 0 bridgehead atoms. The summed E-state index contributed by atoms with van der Waals surface area (Å²) in [7, 11) is -3.15. The molecule has 2 nitrogen and oxygen atoms in total. The number of hydrogen-bond donors (Lipinski definition) is 0. The lowest BCUT2D eigenvalue weighted by Crippen LogP contribution is -2.33. The predicted molar refractivity (Wildman–Crippen MR) is 66.4 cm³/mol. The summed E-state index contributed by atoms with van der Waals surface area (Å²) < 4.78 is 24.5. The van der Waals surface area contributed by atoms with Gasteiger partial charge in [-0.05, 0) is 31.9 Å². The highest BCUT2D eigenvalue weighted by molar-refractivity contribution is 8.08. The first-order chi connectivity index (χ1) is 7.53. The molecule has 1 saturated carbocycles. The standard InChI is InChI=1S/C12H14O2S2/c1-12(7-10-11(8-12)15-10)16(13,14)9-5-3-2-4-6-9/h2-6,10-11H,7-8H2,1H3/t10-,11+,12?. The lowest BCUT2D eigenvalue weighted by atomic mass is 10.1. The van der Waals surface area contributed by atoms with Gasteiger partial charge in [0.05, 0.1) is 9.64 Å². The van der Waals surface area contributed by atoms with E-state index >= 15 is 0 Å². The van der Waals surface area contributed by atoms with E-state index in [-0.39, 0.29) is 0 Å². The Morgan fingerprint density at radius 2 is 1.75 bits per heavy atom. The quantitative estimate of drug-likeness (QED) is 0.760. The molecule has 0 spiro atoms. The summed E-state index contributed by atoms with van der Waals surface area (Å²) in [4.78, 5) is 0.476. The normalized spacial score (nSPS) is 37.1. The molecule has 0 amide bonds. The highest BCUT2D eigenvalue weighted by Gasteiger charge is 2.58. The fourth-order valence-electron chi connectivity index (χ4n) is 2.58. The van der Waals surface area contributed by atoms with Gasteiger partial charge in [-0.2, -0.15) is 11.8 Å². The largest absolute Gasteiger partial charge is 0.223 e. The van der Waals surface area contributed by atoms with Gasteiger partial charge in [-0.25, -0.2) is 8.42 Å². The maximum absolute atomic E-state index is 12.5. The number of thioether (sulfide) groups is 1. The number of fused-ring (bicyclic) bond motifs is 1. The maximum atomic E-state index is 12.5. The van der Waals surface area contributed by atoms with Gasteiger partial charge >= 0.3 is 0 Å². The zero-order chi connectivity index (χ0) is 11.4. The molecule has 2 aliphatic rings. The number of rotatable bonds is 2. The second-order valence-electron chi connectivity index (χ2n) is 4.89. The molecule has 1 heterocycles. The molecule has 1 aliphatic carbocycles. The summed E-state index contributed by atoms with van der Waals surface area (Å²) in [6, 6.07) is 8.85. The van der Waals surface area contributed by atoms with Crippen LogP contribution in [0.2, 0.25) is 0 Å². The molecule has 3 rings (SSSR count). The van der Waals surface area contributed by atoms with Gasteiger partial charge in [0, 0.05) is 10.5 Å². The zero-order valence-corrected chi connectivity index (χ0v) is 10.7. The molecular weight excluding hydrogens is 240 g/mol. The number of sulfone groups is 1. The van der Waals surface area contributed by atoms with Crippen LogP contribution in [0.4, 0.5) is 0 Å². The Bertz CT molecular complexity index is 497. The summed E-state index contributed by atoms with van der Waals surface area (Å²) in [5.74, 6) is 0. The van der Waals surface area contributed by atoms with Crippen molar-refractivity contribution in [2.75, 3.05) is 0 Å². The lowest BCUT2D eigenvalue weighted by Gasteiger charge is -2.25. The Hall–Kier alpha value is -0.480. The van der Waals surface area contributed by atoms with Gasteiger partial charge in [-0.15, -0.1) is 0 Å². The predicted octanol–water partition coefficient (Wildman–Crippen LogP) is 2.50. The Kier molecular flexibility index (Phi) is 2.17. The van der Waals surface area contributed by atoms with Crippen LogP contribution in [-0.4, -0.2) is 23.7 Å². The van der Waals surface area contributed by atoms with E-state index in [1.165, 1.54) is 0 Å². The van der Waals surface area contributed by atoms with Crippen molar-refractivity contribution in [3.05, 3.63) is 30.3 Å². The van der Waals surface area contributed by atoms with Crippen molar-refractivity contribution in [1.29, 1.82) is 0 Å². The van der Waals surface area contributed by atoms with Crippen LogP contribution in [0, 0.1) is 0 Å². The van der Waals surface area contributed by atoms with Crippen LogP contribution in [0.5, 0.6) is 0 Å². The van der Waals surface area contributed by atoms with Crippen LogP contribution in [0.25, 0.3) is 0 Å². The van der Waals surface area contributed by atoms with Crippen LogP contribution in [0.3, 0.4) is 0 Å². The summed E-state index contributed by atoms with van der Waals surface area (Å²) in [5.41, 5.74) is 0. The van der Waals surface area contributed by atoms with Crippen molar-refractivity contribution in [3.63, 3.8) is 0 Å². The van der Waals surface area contributed by atoms with Crippen molar-refractivity contribution in [1.82, 2.24) is 0 Å². The van der Waals surface area contributed by atoms with E-state index in [4.69, 9.17) is 0 Å². The summed E-state index contributed by atoms with van der Waals surface area (Å²) in [5, 5.41) is 1.20. The minimum absolute atomic E-state index is 0.476. The second kappa shape index (κ2) is 3.26. The third kappa shape index (κ3) is 1.43. The molecule has 0 aromatic heterocycles. The second-order valence-corrected chi connectivity index (χ2v) is 8.83. The Labute approximate surface area is 100 Å². The first-order valence-electron chi connectivity index (χ1n) is 5.48. The van der Waals surface area contributed by atoms with E-state index in [9.17, 15) is 8.42 Å². The van der Waals surface area contributed by atoms with Crippen molar-refractivity contribution in [2.45, 2.75) is 39.9 Å². The Morgan fingerprint density at radius 3 is 2.31 bits per heavy atom. The highest BCUT2D eigenvalue weighted by atomic mass is 32.2. The van der Waals surface area contributed by atoms with E-state index in [1.54, 1.807) is 24.3 Å². The monoisotopic (exact) mass is 254 g/mol. The van der Waals surface area contributed by atoms with Crippen molar-refractivity contribution >= 4 is 21.6 Å². The number of benzene rings is 1. The van der Waals surface area contributed by atoms with Gasteiger partial charge in [0.15, 0.2) is 9.84 Å².